The molecular formula is C6H3BClF. The van der Waals surface area contributed by atoms with Gasteiger partial charge in [0.1, 0.15) is 13.7 Å². The Kier molecular flexibility index (Phi) is 1.77. The van der Waals surface area contributed by atoms with Gasteiger partial charge in [-0.05, 0) is 18.2 Å². The fourth-order valence-corrected chi connectivity index (χ4v) is 0.632. The molecular weight excluding hydrogens is 137 g/mol. The van der Waals surface area contributed by atoms with Crippen LogP contribution in [-0.4, -0.2) is 7.85 Å². The predicted octanol–water partition coefficient (Wildman–Crippen LogP) is 1.27. The highest BCUT2D eigenvalue weighted by molar-refractivity contribution is 6.44. The van der Waals surface area contributed by atoms with Crippen LogP contribution < -0.4 is 5.46 Å². The molecule has 0 aliphatic carbocycles. The highest BCUT2D eigenvalue weighted by Gasteiger charge is 1.93. The van der Waals surface area contributed by atoms with Gasteiger partial charge in [-0.2, -0.15) is 0 Å². The second-order valence-electron chi connectivity index (χ2n) is 1.67. The molecule has 0 nitrogen and oxygen atoms in total. The summed E-state index contributed by atoms with van der Waals surface area (Å²) in [5, 5.41) is 0.386. The smallest absolute Gasteiger partial charge is 0.122 e. The molecule has 0 atom stereocenters. The van der Waals surface area contributed by atoms with Gasteiger partial charge in [0.15, 0.2) is 0 Å². The molecule has 1 rings (SSSR count). The van der Waals surface area contributed by atoms with Crippen LogP contribution in [0, 0.1) is 5.82 Å². The first-order valence-electron chi connectivity index (χ1n) is 2.40. The quantitative estimate of drug-likeness (QED) is 0.476. The van der Waals surface area contributed by atoms with Crippen molar-refractivity contribution in [3.63, 3.8) is 0 Å². The minimum absolute atomic E-state index is 0.275. The van der Waals surface area contributed by atoms with Crippen LogP contribution in [0.1, 0.15) is 0 Å². The molecule has 0 amide bonds. The Labute approximate surface area is 59.1 Å². The second-order valence-corrected chi connectivity index (χ2v) is 2.07. The van der Waals surface area contributed by atoms with E-state index in [2.05, 4.69) is 0 Å². The van der Waals surface area contributed by atoms with E-state index in [1.54, 1.807) is 0 Å². The van der Waals surface area contributed by atoms with Gasteiger partial charge in [-0.15, -0.1) is 0 Å². The third-order valence-corrected chi connectivity index (χ3v) is 1.30. The van der Waals surface area contributed by atoms with Gasteiger partial charge in [0.2, 0.25) is 0 Å². The van der Waals surface area contributed by atoms with Crippen molar-refractivity contribution < 1.29 is 4.39 Å². The molecule has 3 heteroatoms. The summed E-state index contributed by atoms with van der Waals surface area (Å²) in [6.07, 6.45) is 0. The van der Waals surface area contributed by atoms with Gasteiger partial charge in [-0.3, -0.25) is 0 Å². The molecule has 0 heterocycles. The monoisotopic (exact) mass is 140 g/mol. The highest BCUT2D eigenvalue weighted by Crippen LogP contribution is 2.04. The van der Waals surface area contributed by atoms with Crippen molar-refractivity contribution in [3.8, 4) is 0 Å². The lowest BCUT2D eigenvalue weighted by Gasteiger charge is -1.94. The zero-order valence-electron chi connectivity index (χ0n) is 4.57. The molecule has 1 aromatic carbocycles. The summed E-state index contributed by atoms with van der Waals surface area (Å²) in [7, 11) is 5.25. The molecule has 0 N–H and O–H groups in total. The minimum atomic E-state index is -0.364. The summed E-state index contributed by atoms with van der Waals surface area (Å²) in [5.74, 6) is -0.364. The molecule has 0 bridgehead atoms. The van der Waals surface area contributed by atoms with Crippen molar-refractivity contribution >= 4 is 24.9 Å². The standard InChI is InChI=1S/C6H3BClF/c7-5-3-4(9)1-2-6(5)8/h1-3H. The summed E-state index contributed by atoms with van der Waals surface area (Å²) in [6, 6.07) is 3.87. The van der Waals surface area contributed by atoms with Gasteiger partial charge in [-0.1, -0.05) is 17.1 Å². The van der Waals surface area contributed by atoms with E-state index >= 15 is 0 Å². The van der Waals surface area contributed by atoms with Crippen molar-refractivity contribution in [2.24, 2.45) is 0 Å². The lowest BCUT2D eigenvalue weighted by atomic mass is 9.96. The van der Waals surface area contributed by atoms with E-state index in [9.17, 15) is 4.39 Å². The molecule has 0 spiro atoms. The zero-order chi connectivity index (χ0) is 6.85. The molecule has 0 aliphatic rings. The fraction of sp³-hybridized carbons (Fsp3) is 0. The van der Waals surface area contributed by atoms with E-state index in [-0.39, 0.29) is 11.3 Å². The Morgan fingerprint density at radius 1 is 1.44 bits per heavy atom. The summed E-state index contributed by atoms with van der Waals surface area (Å²) < 4.78 is 12.2. The van der Waals surface area contributed by atoms with Crippen LogP contribution in [0.2, 0.25) is 5.02 Å². The van der Waals surface area contributed by atoms with Crippen molar-refractivity contribution in [3.05, 3.63) is 29.0 Å². The molecule has 0 aromatic heterocycles. The highest BCUT2D eigenvalue weighted by atomic mass is 35.5. The van der Waals surface area contributed by atoms with Crippen LogP contribution in [-0.2, 0) is 0 Å². The van der Waals surface area contributed by atoms with Gasteiger partial charge in [0.25, 0.3) is 0 Å². The average molecular weight is 140 g/mol. The number of hydrogen-bond donors (Lipinski definition) is 0. The van der Waals surface area contributed by atoms with Gasteiger partial charge in [-0.25, -0.2) is 4.39 Å². The number of halogens is 2. The molecule has 9 heavy (non-hydrogen) atoms. The summed E-state index contributed by atoms with van der Waals surface area (Å²) in [6.45, 7) is 0. The SMILES string of the molecule is [B]c1cc(F)ccc1Cl. The second kappa shape index (κ2) is 2.40. The fourth-order valence-electron chi connectivity index (χ4n) is 0.515. The Bertz CT molecular complexity index is 224. The minimum Gasteiger partial charge on any atom is -0.207 e. The average Bonchev–Trinajstić information content (AvgIpc) is 1.80. The molecule has 1 aromatic rings. The number of rotatable bonds is 0. The first-order valence-corrected chi connectivity index (χ1v) is 2.78. The third kappa shape index (κ3) is 1.45. The summed E-state index contributed by atoms with van der Waals surface area (Å²) in [5.41, 5.74) is 0.275. The van der Waals surface area contributed by atoms with Crippen LogP contribution in [0.3, 0.4) is 0 Å². The van der Waals surface area contributed by atoms with Gasteiger partial charge >= 0.3 is 0 Å². The van der Waals surface area contributed by atoms with E-state index in [4.69, 9.17) is 19.4 Å². The van der Waals surface area contributed by atoms with Crippen LogP contribution in [0.25, 0.3) is 0 Å². The normalized spacial score (nSPS) is 9.56. The van der Waals surface area contributed by atoms with Crippen LogP contribution in [0.5, 0.6) is 0 Å². The van der Waals surface area contributed by atoms with Gasteiger partial charge < -0.3 is 0 Å². The van der Waals surface area contributed by atoms with E-state index < -0.39 is 0 Å². The van der Waals surface area contributed by atoms with E-state index in [1.807, 2.05) is 0 Å². The number of benzene rings is 1. The van der Waals surface area contributed by atoms with Crippen LogP contribution in [0.15, 0.2) is 18.2 Å². The summed E-state index contributed by atoms with van der Waals surface area (Å²) >= 11 is 5.49. The maximum absolute atomic E-state index is 12.2. The predicted molar refractivity (Wildman–Crippen MR) is 36.8 cm³/mol. The van der Waals surface area contributed by atoms with Crippen molar-refractivity contribution in [2.45, 2.75) is 0 Å². The van der Waals surface area contributed by atoms with Gasteiger partial charge in [0, 0.05) is 5.02 Å². The van der Waals surface area contributed by atoms with E-state index in [0.29, 0.717) is 5.02 Å². The largest absolute Gasteiger partial charge is 0.207 e. The Morgan fingerprint density at radius 2 is 2.11 bits per heavy atom. The number of hydrogen-bond acceptors (Lipinski definition) is 0. The Hall–Kier alpha value is -0.495. The maximum atomic E-state index is 12.2. The zero-order valence-corrected chi connectivity index (χ0v) is 5.32. The van der Waals surface area contributed by atoms with E-state index in [0.717, 1.165) is 0 Å². The molecule has 0 saturated heterocycles. The van der Waals surface area contributed by atoms with Crippen molar-refractivity contribution in [1.82, 2.24) is 0 Å². The molecule has 2 radical (unpaired) electrons. The first kappa shape index (κ1) is 6.62. The lowest BCUT2D eigenvalue weighted by molar-refractivity contribution is 0.629. The lowest BCUT2D eigenvalue weighted by Crippen LogP contribution is -2.03. The molecule has 0 fully saturated rings. The molecule has 0 saturated carbocycles. The van der Waals surface area contributed by atoms with Crippen LogP contribution >= 0.6 is 11.6 Å². The van der Waals surface area contributed by atoms with Crippen molar-refractivity contribution in [2.75, 3.05) is 0 Å². The topological polar surface area (TPSA) is 0 Å². The first-order chi connectivity index (χ1) is 4.20. The van der Waals surface area contributed by atoms with Gasteiger partial charge in [0.05, 0.1) is 0 Å². The Balaban J connectivity index is 3.17. The van der Waals surface area contributed by atoms with Crippen molar-refractivity contribution in [1.29, 1.82) is 0 Å². The van der Waals surface area contributed by atoms with E-state index in [1.165, 1.54) is 18.2 Å². The third-order valence-electron chi connectivity index (χ3n) is 0.958. The molecule has 44 valence electrons. The maximum Gasteiger partial charge on any atom is 0.122 e. The molecule has 0 unspecified atom stereocenters. The molecule has 0 aliphatic heterocycles. The Morgan fingerprint density at radius 3 is 2.56 bits per heavy atom. The summed E-state index contributed by atoms with van der Waals surface area (Å²) in [4.78, 5) is 0. The van der Waals surface area contributed by atoms with Crippen LogP contribution in [0.4, 0.5) is 4.39 Å².